The lowest BCUT2D eigenvalue weighted by molar-refractivity contribution is -0.143. The van der Waals surface area contributed by atoms with Crippen molar-refractivity contribution in [2.45, 2.75) is 12.4 Å². The molecule has 0 bridgehead atoms. The number of pyridine rings is 1. The van der Waals surface area contributed by atoms with Crippen molar-refractivity contribution in [1.82, 2.24) is 35.0 Å². The maximum absolute atomic E-state index is 14.0. The van der Waals surface area contributed by atoms with E-state index in [1.165, 1.54) is 30.3 Å². The SMILES string of the molecule is NC(=O)c1cnn(-c2ccc3c4c(cccc24)C(=O)N3c2cnc(-n3ncnn3)c(C(F)(F)F)c2)c1C(F)(F)F. The van der Waals surface area contributed by atoms with E-state index in [1.54, 1.807) is 0 Å². The van der Waals surface area contributed by atoms with Crippen molar-refractivity contribution in [1.29, 1.82) is 0 Å². The number of amides is 2. The number of tetrazole rings is 1. The van der Waals surface area contributed by atoms with Gasteiger partial charge < -0.3 is 5.73 Å². The highest BCUT2D eigenvalue weighted by Gasteiger charge is 2.42. The first-order valence-electron chi connectivity index (χ1n) is 11.0. The molecule has 1 aliphatic rings. The van der Waals surface area contributed by atoms with Gasteiger partial charge in [0.15, 0.2) is 17.8 Å². The van der Waals surface area contributed by atoms with Crippen molar-refractivity contribution in [2.24, 2.45) is 5.73 Å². The Morgan fingerprint density at radius 2 is 1.68 bits per heavy atom. The molecule has 6 rings (SSSR count). The van der Waals surface area contributed by atoms with Crippen LogP contribution in [0.5, 0.6) is 0 Å². The summed E-state index contributed by atoms with van der Waals surface area (Å²) in [5.41, 5.74) is 1.28. The minimum Gasteiger partial charge on any atom is -0.365 e. The van der Waals surface area contributed by atoms with Crippen LogP contribution >= 0.6 is 0 Å². The molecule has 17 heteroatoms. The molecule has 2 aromatic carbocycles. The molecular weight excluding hydrogens is 548 g/mol. The summed E-state index contributed by atoms with van der Waals surface area (Å²) in [5, 5.41) is 14.4. The number of aromatic nitrogens is 7. The average molecular weight is 559 g/mol. The molecule has 4 heterocycles. The molecule has 40 heavy (non-hydrogen) atoms. The fourth-order valence-corrected chi connectivity index (χ4v) is 4.59. The number of hydrogen-bond donors (Lipinski definition) is 1. The van der Waals surface area contributed by atoms with Crippen LogP contribution in [-0.4, -0.2) is 46.8 Å². The molecule has 3 aromatic heterocycles. The maximum Gasteiger partial charge on any atom is 0.434 e. The second-order valence-corrected chi connectivity index (χ2v) is 8.44. The number of benzene rings is 2. The van der Waals surface area contributed by atoms with Crippen LogP contribution in [0.25, 0.3) is 22.3 Å². The Bertz CT molecular complexity index is 1840. The number of halogens is 6. The van der Waals surface area contributed by atoms with Gasteiger partial charge in [0, 0.05) is 10.8 Å². The third kappa shape index (κ3) is 3.65. The van der Waals surface area contributed by atoms with Gasteiger partial charge in [0.05, 0.1) is 40.6 Å². The zero-order valence-electron chi connectivity index (χ0n) is 19.4. The summed E-state index contributed by atoms with van der Waals surface area (Å²) in [6.45, 7) is 0. The molecule has 0 atom stereocenters. The van der Waals surface area contributed by atoms with E-state index >= 15 is 0 Å². The van der Waals surface area contributed by atoms with E-state index in [-0.39, 0.29) is 33.4 Å². The van der Waals surface area contributed by atoms with Gasteiger partial charge in [-0.1, -0.05) is 12.1 Å². The van der Waals surface area contributed by atoms with Crippen LogP contribution in [0, 0.1) is 0 Å². The van der Waals surface area contributed by atoms with Gasteiger partial charge in [0.2, 0.25) is 0 Å². The monoisotopic (exact) mass is 559 g/mol. The quantitative estimate of drug-likeness (QED) is 0.331. The average Bonchev–Trinajstić information content (AvgIpc) is 3.63. The highest BCUT2D eigenvalue weighted by atomic mass is 19.4. The van der Waals surface area contributed by atoms with Crippen molar-refractivity contribution in [2.75, 3.05) is 4.90 Å². The first-order chi connectivity index (χ1) is 18.9. The van der Waals surface area contributed by atoms with Gasteiger partial charge in [-0.15, -0.1) is 15.0 Å². The number of anilines is 2. The Morgan fingerprint density at radius 3 is 2.33 bits per heavy atom. The van der Waals surface area contributed by atoms with Gasteiger partial charge >= 0.3 is 12.4 Å². The van der Waals surface area contributed by atoms with E-state index in [2.05, 4.69) is 25.5 Å². The molecule has 0 saturated heterocycles. The van der Waals surface area contributed by atoms with Gasteiger partial charge in [0.1, 0.15) is 5.56 Å². The summed E-state index contributed by atoms with van der Waals surface area (Å²) >= 11 is 0. The largest absolute Gasteiger partial charge is 0.434 e. The van der Waals surface area contributed by atoms with Crippen LogP contribution in [0.3, 0.4) is 0 Å². The van der Waals surface area contributed by atoms with Crippen molar-refractivity contribution in [3.63, 3.8) is 0 Å². The Hall–Kier alpha value is -5.35. The van der Waals surface area contributed by atoms with Crippen LogP contribution in [0.1, 0.15) is 32.0 Å². The summed E-state index contributed by atoms with van der Waals surface area (Å²) in [4.78, 5) is 30.4. The lowest BCUT2D eigenvalue weighted by Crippen LogP contribution is -2.23. The van der Waals surface area contributed by atoms with Crippen molar-refractivity contribution in [3.05, 3.63) is 77.5 Å². The first kappa shape index (κ1) is 25.0. The molecule has 1 aliphatic heterocycles. The molecule has 2 N–H and O–H groups in total. The smallest absolute Gasteiger partial charge is 0.365 e. The summed E-state index contributed by atoms with van der Waals surface area (Å²) in [5.74, 6) is -2.76. The minimum atomic E-state index is -5.02. The number of carbonyl (C=O) groups is 2. The number of rotatable bonds is 4. The van der Waals surface area contributed by atoms with Crippen LogP contribution in [0.2, 0.25) is 0 Å². The minimum absolute atomic E-state index is 0.0146. The number of alkyl halides is 6. The Labute approximate surface area is 217 Å². The van der Waals surface area contributed by atoms with Gasteiger partial charge in [-0.3, -0.25) is 14.5 Å². The maximum atomic E-state index is 14.0. The second-order valence-electron chi connectivity index (χ2n) is 8.44. The van der Waals surface area contributed by atoms with Crippen molar-refractivity contribution in [3.8, 4) is 11.5 Å². The summed E-state index contributed by atoms with van der Waals surface area (Å²) in [6, 6.07) is 7.34. The summed E-state index contributed by atoms with van der Waals surface area (Å²) in [7, 11) is 0. The first-order valence-corrected chi connectivity index (χ1v) is 11.0. The Morgan fingerprint density at radius 1 is 0.925 bits per heavy atom. The summed E-state index contributed by atoms with van der Waals surface area (Å²) < 4.78 is 84.2. The zero-order chi connectivity index (χ0) is 28.6. The Balaban J connectivity index is 1.55. The van der Waals surface area contributed by atoms with E-state index < -0.39 is 46.8 Å². The van der Waals surface area contributed by atoms with Crippen LogP contribution < -0.4 is 10.6 Å². The molecule has 0 aliphatic carbocycles. The molecule has 0 fully saturated rings. The number of nitrogens with two attached hydrogens (primary N) is 1. The lowest BCUT2D eigenvalue weighted by Gasteiger charge is -2.20. The molecule has 0 saturated carbocycles. The molecule has 0 spiro atoms. The fraction of sp³-hybridized carbons (Fsp3) is 0.0870. The molecule has 0 radical (unpaired) electrons. The standard InChI is InChI=1S/C23H11F6N9O2/c24-22(25,26)14-6-10(7-31-20(14)38-34-9-32-35-38)36-16-5-4-15(11-2-1-3-12(17(11)16)21(36)40)37-18(23(27,28)29)13(8-33-37)19(30)39/h1-9H,(H2,30,39). The molecule has 0 unspecified atom stereocenters. The van der Waals surface area contributed by atoms with E-state index in [1.807, 2.05) is 0 Å². The molecule has 11 nitrogen and oxygen atoms in total. The van der Waals surface area contributed by atoms with Gasteiger partial charge in [0.25, 0.3) is 11.8 Å². The molecule has 202 valence electrons. The van der Waals surface area contributed by atoms with Gasteiger partial charge in [-0.25, -0.2) is 9.67 Å². The molecular formula is C23H11F6N9O2. The highest BCUT2D eigenvalue weighted by Crippen LogP contribution is 2.45. The van der Waals surface area contributed by atoms with Crippen LogP contribution in [0.15, 0.2) is 55.1 Å². The number of primary amides is 1. The zero-order valence-corrected chi connectivity index (χ0v) is 19.4. The van der Waals surface area contributed by atoms with Gasteiger partial charge in [-0.05, 0) is 29.5 Å². The predicted octanol–water partition coefficient (Wildman–Crippen LogP) is 3.82. The topological polar surface area (TPSA) is 138 Å². The fourth-order valence-electron chi connectivity index (χ4n) is 4.59. The number of carbonyl (C=O) groups excluding carboxylic acids is 2. The third-order valence-corrected chi connectivity index (χ3v) is 6.16. The van der Waals surface area contributed by atoms with E-state index in [0.717, 1.165) is 17.4 Å². The normalized spacial score (nSPS) is 13.4. The van der Waals surface area contributed by atoms with Crippen LogP contribution in [0.4, 0.5) is 37.7 Å². The molecule has 2 amide bonds. The third-order valence-electron chi connectivity index (χ3n) is 6.16. The van der Waals surface area contributed by atoms with E-state index in [4.69, 9.17) is 5.73 Å². The highest BCUT2D eigenvalue weighted by molar-refractivity contribution is 6.28. The van der Waals surface area contributed by atoms with Gasteiger partial charge in [-0.2, -0.15) is 31.4 Å². The summed E-state index contributed by atoms with van der Waals surface area (Å²) in [6.07, 6.45) is -7.34. The van der Waals surface area contributed by atoms with E-state index in [0.29, 0.717) is 21.7 Å². The second kappa shape index (κ2) is 8.32. The van der Waals surface area contributed by atoms with Crippen LogP contribution in [-0.2, 0) is 12.4 Å². The number of nitrogens with zero attached hydrogens (tertiary/aromatic N) is 8. The predicted molar refractivity (Wildman–Crippen MR) is 123 cm³/mol. The molecule has 5 aromatic rings. The number of hydrogen-bond acceptors (Lipinski definition) is 7. The van der Waals surface area contributed by atoms with Crippen molar-refractivity contribution >= 4 is 34.0 Å². The van der Waals surface area contributed by atoms with Crippen molar-refractivity contribution < 1.29 is 35.9 Å². The van der Waals surface area contributed by atoms with E-state index in [9.17, 15) is 35.9 Å². The Kier molecular flexibility index (Phi) is 5.19. The lowest BCUT2D eigenvalue weighted by atomic mass is 10.0.